The Morgan fingerprint density at radius 3 is 2.81 bits per heavy atom. The van der Waals surface area contributed by atoms with Gasteiger partial charge in [-0.05, 0) is 13.8 Å². The molecule has 0 amide bonds. The van der Waals surface area contributed by atoms with Crippen LogP contribution in [0, 0.1) is 0 Å². The zero-order chi connectivity index (χ0) is 12.2. The van der Waals surface area contributed by atoms with Crippen LogP contribution < -0.4 is 16.8 Å². The molecule has 0 aliphatic heterocycles. The molecule has 0 saturated heterocycles. The molecule has 1 rings (SSSR count). The highest BCUT2D eigenvalue weighted by molar-refractivity contribution is 5.60. The number of nitrogen functional groups attached to an aromatic ring is 1. The molecule has 0 spiro atoms. The summed E-state index contributed by atoms with van der Waals surface area (Å²) in [6, 6.07) is 0. The first-order chi connectivity index (χ1) is 7.50. The lowest BCUT2D eigenvalue weighted by atomic mass is 10.1. The summed E-state index contributed by atoms with van der Waals surface area (Å²) >= 11 is 0. The zero-order valence-electron chi connectivity index (χ0n) is 10.2. The summed E-state index contributed by atoms with van der Waals surface area (Å²) in [6.45, 7) is 5.62. The Kier molecular flexibility index (Phi) is 4.14. The zero-order valence-corrected chi connectivity index (χ0v) is 10.2. The van der Waals surface area contributed by atoms with Crippen molar-refractivity contribution < 1.29 is 4.74 Å². The molecule has 16 heavy (non-hydrogen) atoms. The number of hydrogen-bond acceptors (Lipinski definition) is 5. The van der Waals surface area contributed by atoms with Gasteiger partial charge in [0, 0.05) is 13.6 Å². The monoisotopic (exact) mass is 227 g/mol. The van der Waals surface area contributed by atoms with E-state index in [4.69, 9.17) is 16.2 Å². The van der Waals surface area contributed by atoms with Crippen LogP contribution in [0.2, 0.25) is 0 Å². The van der Waals surface area contributed by atoms with E-state index in [1.165, 1.54) is 0 Å². The van der Waals surface area contributed by atoms with Gasteiger partial charge in [-0.15, -0.1) is 0 Å². The smallest absolute Gasteiger partial charge is 0.147 e. The van der Waals surface area contributed by atoms with E-state index in [2.05, 4.69) is 10.4 Å². The van der Waals surface area contributed by atoms with Gasteiger partial charge >= 0.3 is 0 Å². The molecule has 0 atom stereocenters. The molecule has 1 heterocycles. The average Bonchev–Trinajstić information content (AvgIpc) is 2.59. The molecule has 92 valence electrons. The number of rotatable bonds is 6. The molecule has 1 aromatic heterocycles. The van der Waals surface area contributed by atoms with Crippen molar-refractivity contribution in [3.8, 4) is 0 Å². The maximum atomic E-state index is 5.73. The van der Waals surface area contributed by atoms with Gasteiger partial charge < -0.3 is 21.5 Å². The summed E-state index contributed by atoms with van der Waals surface area (Å²) in [7, 11) is 1.81. The third-order valence-corrected chi connectivity index (χ3v) is 2.39. The van der Waals surface area contributed by atoms with Crippen LogP contribution in [0.25, 0.3) is 0 Å². The molecule has 6 nitrogen and oxygen atoms in total. The molecular formula is C10H21N5O. The van der Waals surface area contributed by atoms with E-state index in [9.17, 15) is 0 Å². The number of hydrogen-bond donors (Lipinski definition) is 3. The maximum absolute atomic E-state index is 5.73. The second kappa shape index (κ2) is 5.18. The first-order valence-corrected chi connectivity index (χ1v) is 5.33. The predicted molar refractivity (Wildman–Crippen MR) is 65.3 cm³/mol. The second-order valence-corrected chi connectivity index (χ2v) is 4.23. The Hall–Kier alpha value is -1.27. The molecule has 0 saturated carbocycles. The topological polar surface area (TPSA) is 91.1 Å². The predicted octanol–water partition coefficient (Wildman–Crippen LogP) is 0.261. The van der Waals surface area contributed by atoms with Gasteiger partial charge in [0.1, 0.15) is 5.82 Å². The van der Waals surface area contributed by atoms with Gasteiger partial charge in [0.15, 0.2) is 0 Å². The molecule has 5 N–H and O–H groups in total. The van der Waals surface area contributed by atoms with Crippen molar-refractivity contribution in [1.82, 2.24) is 9.78 Å². The largest absolute Gasteiger partial charge is 0.394 e. The van der Waals surface area contributed by atoms with Gasteiger partial charge in [-0.1, -0.05) is 0 Å². The van der Waals surface area contributed by atoms with Crippen molar-refractivity contribution in [1.29, 1.82) is 0 Å². The number of anilines is 2. The summed E-state index contributed by atoms with van der Waals surface area (Å²) in [6.07, 6.45) is 1.62. The first kappa shape index (κ1) is 12.8. The Labute approximate surface area is 95.9 Å². The fourth-order valence-corrected chi connectivity index (χ4v) is 1.31. The van der Waals surface area contributed by atoms with Crippen LogP contribution in [0.4, 0.5) is 11.5 Å². The van der Waals surface area contributed by atoms with E-state index < -0.39 is 0 Å². The Morgan fingerprint density at radius 2 is 2.25 bits per heavy atom. The number of nitrogens with one attached hydrogen (secondary N) is 1. The number of ether oxygens (including phenoxy) is 1. The van der Waals surface area contributed by atoms with Crippen molar-refractivity contribution in [2.45, 2.75) is 26.0 Å². The van der Waals surface area contributed by atoms with Gasteiger partial charge in [0.25, 0.3) is 0 Å². The minimum atomic E-state index is -0.293. The molecule has 0 unspecified atom stereocenters. The average molecular weight is 227 g/mol. The van der Waals surface area contributed by atoms with E-state index >= 15 is 0 Å². The standard InChI is InChI=1S/C10H21N5O/c1-10(2,7-11)16-5-4-15-9(13-3)8(12)6-14-15/h6,13H,4-5,7,11-12H2,1-3H3. The maximum Gasteiger partial charge on any atom is 0.147 e. The van der Waals surface area contributed by atoms with Crippen molar-refractivity contribution in [3.05, 3.63) is 6.20 Å². The molecule has 0 aliphatic rings. The SMILES string of the molecule is CNc1c(N)cnn1CCOC(C)(C)CN. The van der Waals surface area contributed by atoms with Gasteiger partial charge in [0.2, 0.25) is 0 Å². The van der Waals surface area contributed by atoms with Crippen molar-refractivity contribution in [2.75, 3.05) is 31.2 Å². The summed E-state index contributed by atoms with van der Waals surface area (Å²) < 4.78 is 7.42. The van der Waals surface area contributed by atoms with E-state index in [1.54, 1.807) is 10.9 Å². The van der Waals surface area contributed by atoms with Crippen LogP contribution in [0.1, 0.15) is 13.8 Å². The summed E-state index contributed by atoms with van der Waals surface area (Å²) in [5.74, 6) is 0.814. The van der Waals surface area contributed by atoms with Crippen molar-refractivity contribution in [2.24, 2.45) is 5.73 Å². The number of nitrogens with zero attached hydrogens (tertiary/aromatic N) is 2. The van der Waals surface area contributed by atoms with Crippen LogP contribution in [-0.2, 0) is 11.3 Å². The highest BCUT2D eigenvalue weighted by atomic mass is 16.5. The fraction of sp³-hybridized carbons (Fsp3) is 0.700. The molecule has 0 aromatic carbocycles. The van der Waals surface area contributed by atoms with Gasteiger partial charge in [-0.2, -0.15) is 5.10 Å². The highest BCUT2D eigenvalue weighted by Crippen LogP contribution is 2.16. The lowest BCUT2D eigenvalue weighted by Crippen LogP contribution is -2.35. The highest BCUT2D eigenvalue weighted by Gasteiger charge is 2.15. The summed E-state index contributed by atoms with van der Waals surface area (Å²) in [4.78, 5) is 0. The van der Waals surface area contributed by atoms with Gasteiger partial charge in [-0.25, -0.2) is 4.68 Å². The fourth-order valence-electron chi connectivity index (χ4n) is 1.31. The lowest BCUT2D eigenvalue weighted by Gasteiger charge is -2.23. The molecule has 0 radical (unpaired) electrons. The minimum Gasteiger partial charge on any atom is -0.394 e. The van der Waals surface area contributed by atoms with E-state index in [0.717, 1.165) is 5.82 Å². The van der Waals surface area contributed by atoms with Crippen LogP contribution in [0.15, 0.2) is 6.20 Å². The molecule has 0 fully saturated rings. The third-order valence-electron chi connectivity index (χ3n) is 2.39. The summed E-state index contributed by atoms with van der Waals surface area (Å²) in [5.41, 5.74) is 11.6. The Bertz CT molecular complexity index is 334. The Morgan fingerprint density at radius 1 is 1.56 bits per heavy atom. The van der Waals surface area contributed by atoms with E-state index in [1.807, 2.05) is 20.9 Å². The molecular weight excluding hydrogens is 206 g/mol. The molecule has 0 aliphatic carbocycles. The Balaban J connectivity index is 2.49. The van der Waals surface area contributed by atoms with Gasteiger partial charge in [-0.3, -0.25) is 0 Å². The second-order valence-electron chi connectivity index (χ2n) is 4.23. The van der Waals surface area contributed by atoms with Crippen LogP contribution in [0.3, 0.4) is 0 Å². The molecule has 0 bridgehead atoms. The summed E-state index contributed by atoms with van der Waals surface area (Å²) in [5, 5.41) is 7.15. The van der Waals surface area contributed by atoms with E-state index in [0.29, 0.717) is 25.4 Å². The van der Waals surface area contributed by atoms with Crippen molar-refractivity contribution >= 4 is 11.5 Å². The van der Waals surface area contributed by atoms with E-state index in [-0.39, 0.29) is 5.60 Å². The number of nitrogens with two attached hydrogens (primary N) is 2. The van der Waals surface area contributed by atoms with Crippen LogP contribution >= 0.6 is 0 Å². The number of aromatic nitrogens is 2. The van der Waals surface area contributed by atoms with Crippen LogP contribution in [-0.4, -0.2) is 35.6 Å². The van der Waals surface area contributed by atoms with Gasteiger partial charge in [0.05, 0.1) is 30.6 Å². The first-order valence-electron chi connectivity index (χ1n) is 5.33. The third kappa shape index (κ3) is 3.11. The quantitative estimate of drug-likeness (QED) is 0.648. The van der Waals surface area contributed by atoms with Crippen LogP contribution in [0.5, 0.6) is 0 Å². The van der Waals surface area contributed by atoms with Crippen molar-refractivity contribution in [3.63, 3.8) is 0 Å². The lowest BCUT2D eigenvalue weighted by molar-refractivity contribution is -0.0149. The molecule has 6 heteroatoms. The normalized spacial score (nSPS) is 11.8. The molecule has 1 aromatic rings. The minimum absolute atomic E-state index is 0.293.